The zero-order valence-electron chi connectivity index (χ0n) is 12.8. The van der Waals surface area contributed by atoms with Crippen molar-refractivity contribution in [3.63, 3.8) is 0 Å². The van der Waals surface area contributed by atoms with Gasteiger partial charge < -0.3 is 14.1 Å². The van der Waals surface area contributed by atoms with Gasteiger partial charge >= 0.3 is 0 Å². The molecule has 3 aromatic carbocycles. The standard InChI is InChI=1S/C20H14N2O2/c1-2-6-16-14(5-1)15-10-9-13(11-18(15)21-16)23-12-20-22-17-7-3-4-8-19(17)24-20/h1-11,21H,12H2. The summed E-state index contributed by atoms with van der Waals surface area (Å²) in [6, 6.07) is 22.1. The highest BCUT2D eigenvalue weighted by atomic mass is 16.5. The number of ether oxygens (including phenoxy) is 1. The van der Waals surface area contributed by atoms with Crippen LogP contribution in [0.25, 0.3) is 32.9 Å². The summed E-state index contributed by atoms with van der Waals surface area (Å²) in [6.07, 6.45) is 0. The Morgan fingerprint density at radius 2 is 1.71 bits per heavy atom. The van der Waals surface area contributed by atoms with Gasteiger partial charge in [0.15, 0.2) is 12.2 Å². The molecule has 0 saturated heterocycles. The van der Waals surface area contributed by atoms with E-state index in [1.54, 1.807) is 0 Å². The van der Waals surface area contributed by atoms with Crippen LogP contribution in [0.15, 0.2) is 71.1 Å². The number of aromatic nitrogens is 2. The summed E-state index contributed by atoms with van der Waals surface area (Å²) in [5.41, 5.74) is 3.82. The lowest BCUT2D eigenvalue weighted by atomic mass is 10.1. The molecule has 0 bridgehead atoms. The summed E-state index contributed by atoms with van der Waals surface area (Å²) in [5.74, 6) is 1.37. The zero-order chi connectivity index (χ0) is 15.9. The van der Waals surface area contributed by atoms with E-state index in [1.807, 2.05) is 48.5 Å². The maximum Gasteiger partial charge on any atom is 0.233 e. The van der Waals surface area contributed by atoms with Gasteiger partial charge in [0.25, 0.3) is 0 Å². The topological polar surface area (TPSA) is 51.0 Å². The molecule has 5 rings (SSSR count). The van der Waals surface area contributed by atoms with Crippen molar-refractivity contribution < 1.29 is 9.15 Å². The van der Waals surface area contributed by atoms with Crippen molar-refractivity contribution in [1.82, 2.24) is 9.97 Å². The van der Waals surface area contributed by atoms with Gasteiger partial charge in [-0.1, -0.05) is 30.3 Å². The third kappa shape index (κ3) is 2.12. The predicted molar refractivity (Wildman–Crippen MR) is 94.1 cm³/mol. The molecule has 0 aliphatic carbocycles. The lowest BCUT2D eigenvalue weighted by molar-refractivity contribution is 0.267. The summed E-state index contributed by atoms with van der Waals surface area (Å²) in [7, 11) is 0. The summed E-state index contributed by atoms with van der Waals surface area (Å²) in [4.78, 5) is 7.84. The molecule has 4 nitrogen and oxygen atoms in total. The van der Waals surface area contributed by atoms with Crippen LogP contribution in [-0.4, -0.2) is 9.97 Å². The van der Waals surface area contributed by atoms with Crippen molar-refractivity contribution >= 4 is 32.9 Å². The second-order valence-corrected chi connectivity index (χ2v) is 5.74. The van der Waals surface area contributed by atoms with E-state index in [0.717, 1.165) is 27.9 Å². The van der Waals surface area contributed by atoms with Crippen LogP contribution in [0.5, 0.6) is 5.75 Å². The van der Waals surface area contributed by atoms with Gasteiger partial charge in [-0.2, -0.15) is 0 Å². The summed E-state index contributed by atoms with van der Waals surface area (Å²) >= 11 is 0. The molecule has 116 valence electrons. The van der Waals surface area contributed by atoms with Crippen LogP contribution in [0.1, 0.15) is 5.89 Å². The van der Waals surface area contributed by atoms with E-state index in [9.17, 15) is 0 Å². The largest absolute Gasteiger partial charge is 0.484 e. The van der Waals surface area contributed by atoms with Gasteiger partial charge in [-0.3, -0.25) is 0 Å². The van der Waals surface area contributed by atoms with Gasteiger partial charge in [0.05, 0.1) is 5.52 Å². The second kappa shape index (κ2) is 5.13. The van der Waals surface area contributed by atoms with Crippen molar-refractivity contribution in [1.29, 1.82) is 0 Å². The maximum absolute atomic E-state index is 5.85. The van der Waals surface area contributed by atoms with Crippen LogP contribution >= 0.6 is 0 Å². The molecular formula is C20H14N2O2. The fraction of sp³-hybridized carbons (Fsp3) is 0.0500. The van der Waals surface area contributed by atoms with E-state index >= 15 is 0 Å². The molecule has 0 amide bonds. The Hall–Kier alpha value is -3.27. The molecule has 2 aromatic heterocycles. The highest BCUT2D eigenvalue weighted by Crippen LogP contribution is 2.28. The first-order valence-electron chi connectivity index (χ1n) is 7.84. The first-order valence-corrected chi connectivity index (χ1v) is 7.84. The molecule has 4 heteroatoms. The van der Waals surface area contributed by atoms with E-state index in [0.29, 0.717) is 12.5 Å². The number of rotatable bonds is 3. The zero-order valence-corrected chi connectivity index (χ0v) is 12.8. The Balaban J connectivity index is 1.45. The van der Waals surface area contributed by atoms with Crippen LogP contribution in [0.4, 0.5) is 0 Å². The number of aromatic amines is 1. The number of fused-ring (bicyclic) bond motifs is 4. The number of nitrogens with zero attached hydrogens (tertiary/aromatic N) is 1. The number of hydrogen-bond acceptors (Lipinski definition) is 3. The van der Waals surface area contributed by atoms with E-state index in [-0.39, 0.29) is 0 Å². The van der Waals surface area contributed by atoms with Gasteiger partial charge in [0, 0.05) is 22.4 Å². The van der Waals surface area contributed by atoms with Crippen molar-refractivity contribution in [3.05, 3.63) is 72.6 Å². The molecule has 0 atom stereocenters. The average molecular weight is 314 g/mol. The molecule has 0 aliphatic rings. The van der Waals surface area contributed by atoms with E-state index in [1.165, 1.54) is 10.8 Å². The highest BCUT2D eigenvalue weighted by molar-refractivity contribution is 6.07. The third-order valence-electron chi connectivity index (χ3n) is 4.18. The molecule has 0 spiro atoms. The fourth-order valence-electron chi connectivity index (χ4n) is 3.05. The SMILES string of the molecule is c1ccc2oc(COc3ccc4c(c3)[nH]c3ccccc34)nc2c1. The smallest absolute Gasteiger partial charge is 0.233 e. The van der Waals surface area contributed by atoms with Gasteiger partial charge in [-0.15, -0.1) is 0 Å². The van der Waals surface area contributed by atoms with Crippen LogP contribution in [0.3, 0.4) is 0 Å². The molecular weight excluding hydrogens is 300 g/mol. The molecule has 0 radical (unpaired) electrons. The number of nitrogens with one attached hydrogen (secondary N) is 1. The molecule has 24 heavy (non-hydrogen) atoms. The van der Waals surface area contributed by atoms with Crippen LogP contribution in [0, 0.1) is 0 Å². The van der Waals surface area contributed by atoms with Crippen LogP contribution in [-0.2, 0) is 6.61 Å². The minimum atomic E-state index is 0.306. The maximum atomic E-state index is 5.85. The molecule has 2 heterocycles. The van der Waals surface area contributed by atoms with Gasteiger partial charge in [0.1, 0.15) is 11.3 Å². The lowest BCUT2D eigenvalue weighted by Crippen LogP contribution is -1.95. The number of benzene rings is 3. The van der Waals surface area contributed by atoms with Crippen molar-refractivity contribution in [2.75, 3.05) is 0 Å². The first kappa shape index (κ1) is 13.2. The fourth-order valence-corrected chi connectivity index (χ4v) is 3.05. The number of para-hydroxylation sites is 3. The number of hydrogen-bond donors (Lipinski definition) is 1. The number of H-pyrrole nitrogens is 1. The predicted octanol–water partition coefficient (Wildman–Crippen LogP) is 5.04. The summed E-state index contributed by atoms with van der Waals surface area (Å²) in [5, 5.41) is 2.41. The highest BCUT2D eigenvalue weighted by Gasteiger charge is 2.08. The van der Waals surface area contributed by atoms with E-state index in [2.05, 4.69) is 28.2 Å². The minimum Gasteiger partial charge on any atom is -0.484 e. The molecule has 5 aromatic rings. The summed E-state index contributed by atoms with van der Waals surface area (Å²) in [6.45, 7) is 0.306. The van der Waals surface area contributed by atoms with E-state index in [4.69, 9.17) is 9.15 Å². The number of oxazole rings is 1. The Morgan fingerprint density at radius 3 is 2.67 bits per heavy atom. The summed E-state index contributed by atoms with van der Waals surface area (Å²) < 4.78 is 11.5. The Kier molecular flexibility index (Phi) is 2.82. The van der Waals surface area contributed by atoms with Gasteiger partial charge in [-0.25, -0.2) is 4.98 Å². The lowest BCUT2D eigenvalue weighted by Gasteiger charge is -2.03. The van der Waals surface area contributed by atoms with Gasteiger partial charge in [0.2, 0.25) is 5.89 Å². The van der Waals surface area contributed by atoms with E-state index < -0.39 is 0 Å². The first-order chi connectivity index (χ1) is 11.9. The second-order valence-electron chi connectivity index (χ2n) is 5.74. The Bertz CT molecular complexity index is 1140. The Morgan fingerprint density at radius 1 is 0.875 bits per heavy atom. The average Bonchev–Trinajstić information content (AvgIpc) is 3.20. The van der Waals surface area contributed by atoms with Crippen molar-refractivity contribution in [2.24, 2.45) is 0 Å². The molecule has 0 unspecified atom stereocenters. The van der Waals surface area contributed by atoms with Crippen LogP contribution in [0.2, 0.25) is 0 Å². The third-order valence-corrected chi connectivity index (χ3v) is 4.18. The monoisotopic (exact) mass is 314 g/mol. The molecule has 1 N–H and O–H groups in total. The minimum absolute atomic E-state index is 0.306. The van der Waals surface area contributed by atoms with Crippen molar-refractivity contribution in [2.45, 2.75) is 6.61 Å². The van der Waals surface area contributed by atoms with Crippen LogP contribution < -0.4 is 4.74 Å². The molecule has 0 aliphatic heterocycles. The quantitative estimate of drug-likeness (QED) is 0.507. The van der Waals surface area contributed by atoms with Gasteiger partial charge in [-0.05, 0) is 30.3 Å². The Labute approximate surface area is 137 Å². The molecule has 0 fully saturated rings. The van der Waals surface area contributed by atoms with Crippen molar-refractivity contribution in [3.8, 4) is 5.75 Å². The molecule has 0 saturated carbocycles. The normalized spacial score (nSPS) is 11.5.